The third kappa shape index (κ3) is 5.13. The SMILES string of the molecule is COCC(=O)N[C@H](C#N)c1ccc(OCc2ccccc2)cc1. The smallest absolute Gasteiger partial charge is 0.247 e. The lowest BCUT2D eigenvalue weighted by Crippen LogP contribution is -2.30. The van der Waals surface area contributed by atoms with E-state index in [1.807, 2.05) is 30.3 Å². The van der Waals surface area contributed by atoms with Crippen LogP contribution in [-0.2, 0) is 16.1 Å². The standard InChI is InChI=1S/C18H18N2O3/c1-22-13-18(21)20-17(11-19)15-7-9-16(10-8-15)23-12-14-5-3-2-4-6-14/h2-10,17H,12-13H2,1H3,(H,20,21)/t17-/m1/s1. The van der Waals surface area contributed by atoms with E-state index in [1.165, 1.54) is 7.11 Å². The van der Waals surface area contributed by atoms with E-state index < -0.39 is 6.04 Å². The molecule has 0 unspecified atom stereocenters. The molecule has 5 nitrogen and oxygen atoms in total. The highest BCUT2D eigenvalue weighted by molar-refractivity contribution is 5.78. The zero-order chi connectivity index (χ0) is 16.5. The van der Waals surface area contributed by atoms with E-state index in [-0.39, 0.29) is 12.5 Å². The van der Waals surface area contributed by atoms with Crippen LogP contribution in [0.15, 0.2) is 54.6 Å². The largest absolute Gasteiger partial charge is 0.489 e. The Hall–Kier alpha value is -2.84. The molecule has 0 saturated heterocycles. The summed E-state index contributed by atoms with van der Waals surface area (Å²) in [7, 11) is 1.43. The maximum Gasteiger partial charge on any atom is 0.247 e. The van der Waals surface area contributed by atoms with Crippen molar-refractivity contribution in [3.63, 3.8) is 0 Å². The van der Waals surface area contributed by atoms with E-state index in [0.29, 0.717) is 17.9 Å². The molecule has 0 aliphatic carbocycles. The quantitative estimate of drug-likeness (QED) is 0.853. The number of carbonyl (C=O) groups excluding carboxylic acids is 1. The average Bonchev–Trinajstić information content (AvgIpc) is 2.59. The molecule has 2 aromatic rings. The molecule has 1 N–H and O–H groups in total. The summed E-state index contributed by atoms with van der Waals surface area (Å²) in [5, 5.41) is 11.8. The number of benzene rings is 2. The molecule has 0 radical (unpaired) electrons. The third-order valence-electron chi connectivity index (χ3n) is 3.17. The monoisotopic (exact) mass is 310 g/mol. The molecule has 0 spiro atoms. The predicted octanol–water partition coefficient (Wildman–Crippen LogP) is 2.59. The summed E-state index contributed by atoms with van der Waals surface area (Å²) in [5.74, 6) is 0.376. The van der Waals surface area contributed by atoms with E-state index in [2.05, 4.69) is 11.4 Å². The molecular weight excluding hydrogens is 292 g/mol. The van der Waals surface area contributed by atoms with Crippen LogP contribution in [0, 0.1) is 11.3 Å². The molecule has 5 heteroatoms. The van der Waals surface area contributed by atoms with Gasteiger partial charge < -0.3 is 14.8 Å². The van der Waals surface area contributed by atoms with Crippen LogP contribution < -0.4 is 10.1 Å². The van der Waals surface area contributed by atoms with Gasteiger partial charge in [0, 0.05) is 7.11 Å². The number of nitrogens with zero attached hydrogens (tertiary/aromatic N) is 1. The van der Waals surface area contributed by atoms with Gasteiger partial charge in [-0.05, 0) is 23.3 Å². The topological polar surface area (TPSA) is 71.3 Å². The highest BCUT2D eigenvalue weighted by Gasteiger charge is 2.13. The highest BCUT2D eigenvalue weighted by atomic mass is 16.5. The van der Waals surface area contributed by atoms with Gasteiger partial charge in [0.1, 0.15) is 25.0 Å². The maximum absolute atomic E-state index is 11.5. The molecule has 0 aliphatic heterocycles. The summed E-state index contributed by atoms with van der Waals surface area (Å²) in [4.78, 5) is 11.5. The zero-order valence-corrected chi connectivity index (χ0v) is 12.9. The van der Waals surface area contributed by atoms with Crippen LogP contribution in [0.3, 0.4) is 0 Å². The van der Waals surface area contributed by atoms with Crippen molar-refractivity contribution in [2.24, 2.45) is 0 Å². The summed E-state index contributed by atoms with van der Waals surface area (Å²) in [6, 6.07) is 18.3. The number of nitriles is 1. The minimum absolute atomic E-state index is 0.0730. The highest BCUT2D eigenvalue weighted by Crippen LogP contribution is 2.18. The van der Waals surface area contributed by atoms with Gasteiger partial charge >= 0.3 is 0 Å². The predicted molar refractivity (Wildman–Crippen MR) is 85.6 cm³/mol. The van der Waals surface area contributed by atoms with Crippen molar-refractivity contribution in [2.75, 3.05) is 13.7 Å². The van der Waals surface area contributed by atoms with Crippen molar-refractivity contribution in [2.45, 2.75) is 12.6 Å². The molecule has 0 aliphatic rings. The summed E-state index contributed by atoms with van der Waals surface area (Å²) >= 11 is 0. The van der Waals surface area contributed by atoms with Gasteiger partial charge in [0.2, 0.25) is 5.91 Å². The zero-order valence-electron chi connectivity index (χ0n) is 12.9. The van der Waals surface area contributed by atoms with Crippen LogP contribution in [0.1, 0.15) is 17.2 Å². The number of hydrogen-bond acceptors (Lipinski definition) is 4. The Morgan fingerprint density at radius 3 is 2.48 bits per heavy atom. The van der Waals surface area contributed by atoms with Crippen molar-refractivity contribution >= 4 is 5.91 Å². The molecule has 23 heavy (non-hydrogen) atoms. The number of methoxy groups -OCH3 is 1. The van der Waals surface area contributed by atoms with Gasteiger partial charge in [0.25, 0.3) is 0 Å². The Morgan fingerprint density at radius 2 is 1.87 bits per heavy atom. The van der Waals surface area contributed by atoms with Gasteiger partial charge in [-0.3, -0.25) is 4.79 Å². The molecule has 0 aromatic heterocycles. The first-order valence-electron chi connectivity index (χ1n) is 7.17. The molecule has 0 saturated carbocycles. The molecule has 1 amide bonds. The van der Waals surface area contributed by atoms with Crippen LogP contribution in [0.4, 0.5) is 0 Å². The molecule has 2 rings (SSSR count). The summed E-state index contributed by atoms with van der Waals surface area (Å²) in [6.07, 6.45) is 0. The van der Waals surface area contributed by atoms with E-state index >= 15 is 0 Å². The lowest BCUT2D eigenvalue weighted by atomic mass is 10.1. The Bertz CT molecular complexity index is 663. The van der Waals surface area contributed by atoms with E-state index in [0.717, 1.165) is 5.56 Å². The summed E-state index contributed by atoms with van der Waals surface area (Å²) < 4.78 is 10.4. The minimum atomic E-state index is -0.708. The van der Waals surface area contributed by atoms with Crippen LogP contribution >= 0.6 is 0 Å². The second kappa shape index (κ2) is 8.57. The second-order valence-corrected chi connectivity index (χ2v) is 4.91. The molecular formula is C18H18N2O3. The van der Waals surface area contributed by atoms with E-state index in [1.54, 1.807) is 24.3 Å². The van der Waals surface area contributed by atoms with Crippen molar-refractivity contribution in [1.82, 2.24) is 5.32 Å². The van der Waals surface area contributed by atoms with E-state index in [4.69, 9.17) is 9.47 Å². The summed E-state index contributed by atoms with van der Waals surface area (Å²) in [6.45, 7) is 0.406. The van der Waals surface area contributed by atoms with Crippen molar-refractivity contribution < 1.29 is 14.3 Å². The molecule has 0 fully saturated rings. The number of nitrogens with one attached hydrogen (secondary N) is 1. The number of hydrogen-bond donors (Lipinski definition) is 1. The van der Waals surface area contributed by atoms with Gasteiger partial charge in [-0.2, -0.15) is 5.26 Å². The minimum Gasteiger partial charge on any atom is -0.489 e. The van der Waals surface area contributed by atoms with Gasteiger partial charge in [-0.15, -0.1) is 0 Å². The first-order chi connectivity index (χ1) is 11.2. The Balaban J connectivity index is 1.95. The average molecular weight is 310 g/mol. The van der Waals surface area contributed by atoms with Crippen molar-refractivity contribution in [1.29, 1.82) is 5.26 Å². The lowest BCUT2D eigenvalue weighted by molar-refractivity contribution is -0.125. The second-order valence-electron chi connectivity index (χ2n) is 4.91. The van der Waals surface area contributed by atoms with Gasteiger partial charge in [-0.1, -0.05) is 42.5 Å². The Kier molecular flexibility index (Phi) is 6.16. The van der Waals surface area contributed by atoms with Crippen LogP contribution in [-0.4, -0.2) is 19.6 Å². The summed E-state index contributed by atoms with van der Waals surface area (Å²) in [5.41, 5.74) is 1.78. The molecule has 2 aromatic carbocycles. The van der Waals surface area contributed by atoms with Crippen LogP contribution in [0.5, 0.6) is 5.75 Å². The Labute approximate surface area is 135 Å². The third-order valence-corrected chi connectivity index (χ3v) is 3.17. The number of amides is 1. The van der Waals surface area contributed by atoms with Crippen molar-refractivity contribution in [3.8, 4) is 11.8 Å². The maximum atomic E-state index is 11.5. The lowest BCUT2D eigenvalue weighted by Gasteiger charge is -2.12. The number of rotatable bonds is 7. The first kappa shape index (κ1) is 16.5. The molecule has 0 heterocycles. The molecule has 0 bridgehead atoms. The Morgan fingerprint density at radius 1 is 1.17 bits per heavy atom. The first-order valence-corrected chi connectivity index (χ1v) is 7.17. The molecule has 1 atom stereocenters. The van der Waals surface area contributed by atoms with Crippen LogP contribution in [0.25, 0.3) is 0 Å². The molecule has 118 valence electrons. The number of carbonyl (C=O) groups is 1. The van der Waals surface area contributed by atoms with Gasteiger partial charge in [0.05, 0.1) is 6.07 Å². The number of ether oxygens (including phenoxy) is 2. The van der Waals surface area contributed by atoms with Gasteiger partial charge in [0.15, 0.2) is 0 Å². The van der Waals surface area contributed by atoms with Crippen molar-refractivity contribution in [3.05, 3.63) is 65.7 Å². The fourth-order valence-electron chi connectivity index (χ4n) is 2.02. The fourth-order valence-corrected chi connectivity index (χ4v) is 2.02. The van der Waals surface area contributed by atoms with Gasteiger partial charge in [-0.25, -0.2) is 0 Å². The normalized spacial score (nSPS) is 11.3. The van der Waals surface area contributed by atoms with Crippen LogP contribution in [0.2, 0.25) is 0 Å². The van der Waals surface area contributed by atoms with E-state index in [9.17, 15) is 10.1 Å². The fraction of sp³-hybridized carbons (Fsp3) is 0.222.